The molecule has 8 rings (SSSR count). The molecule has 0 aliphatic heterocycles. The van der Waals surface area contributed by atoms with Crippen LogP contribution < -0.4 is 0 Å². The number of benzene rings is 3. The summed E-state index contributed by atoms with van der Waals surface area (Å²) in [5.74, 6) is 1.95. The second-order valence-corrected chi connectivity index (χ2v) is 10.9. The van der Waals surface area contributed by atoms with E-state index in [-0.39, 0.29) is 0 Å². The van der Waals surface area contributed by atoms with E-state index >= 15 is 0 Å². The average Bonchev–Trinajstić information content (AvgIpc) is 3.54. The molecule has 0 spiro atoms. The van der Waals surface area contributed by atoms with Crippen LogP contribution in [-0.4, -0.2) is 24.5 Å². The van der Waals surface area contributed by atoms with Crippen LogP contribution in [0.25, 0.3) is 60.6 Å². The van der Waals surface area contributed by atoms with Gasteiger partial charge < -0.3 is 0 Å². The zero-order valence-electron chi connectivity index (χ0n) is 20.6. The molecule has 38 heavy (non-hydrogen) atoms. The van der Waals surface area contributed by atoms with Crippen LogP contribution in [0, 0.1) is 0 Å². The molecule has 0 atom stereocenters. The summed E-state index contributed by atoms with van der Waals surface area (Å²) in [7, 11) is 0. The first kappa shape index (κ1) is 21.6. The highest BCUT2D eigenvalue weighted by Gasteiger charge is 2.23. The monoisotopic (exact) mass is 509 g/mol. The molecule has 0 unspecified atom stereocenters. The van der Waals surface area contributed by atoms with Crippen molar-refractivity contribution >= 4 is 43.2 Å². The van der Waals surface area contributed by atoms with Crippen molar-refractivity contribution in [1.82, 2.24) is 24.5 Å². The van der Waals surface area contributed by atoms with E-state index in [1.54, 1.807) is 0 Å². The van der Waals surface area contributed by atoms with Crippen LogP contribution in [0.1, 0.15) is 23.3 Å². The molecule has 182 valence electrons. The quantitative estimate of drug-likeness (QED) is 0.244. The van der Waals surface area contributed by atoms with E-state index in [0.29, 0.717) is 17.6 Å². The predicted octanol–water partition coefficient (Wildman–Crippen LogP) is 7.79. The lowest BCUT2D eigenvalue weighted by Gasteiger charge is -2.11. The van der Waals surface area contributed by atoms with Crippen molar-refractivity contribution in [2.24, 2.45) is 0 Å². The van der Waals surface area contributed by atoms with Crippen LogP contribution in [0.15, 0.2) is 91.3 Å². The molecule has 4 aromatic heterocycles. The van der Waals surface area contributed by atoms with Crippen molar-refractivity contribution < 1.29 is 0 Å². The zero-order valence-corrected chi connectivity index (χ0v) is 21.4. The van der Waals surface area contributed by atoms with Gasteiger partial charge in [-0.15, -0.1) is 11.3 Å². The standard InChI is InChI=1S/C32H23N5S/c1-3-9-20(10-4-1)30-34-31(21-11-5-2-6-12-21)36-32(35-30)37-26-17-18-33-19-25(26)23-15-16-24-22-13-7-8-14-27(22)38-29(24)28(23)37/h1-6,9-12,15-19H,7-8,13-14H2. The van der Waals surface area contributed by atoms with E-state index in [0.717, 1.165) is 34.0 Å². The van der Waals surface area contributed by atoms with Crippen LogP contribution in [0.5, 0.6) is 0 Å². The Hall–Kier alpha value is -4.42. The van der Waals surface area contributed by atoms with Gasteiger partial charge in [-0.2, -0.15) is 9.97 Å². The predicted molar refractivity (Wildman–Crippen MR) is 155 cm³/mol. The normalized spacial score (nSPS) is 13.4. The lowest BCUT2D eigenvalue weighted by molar-refractivity contribution is 0.700. The van der Waals surface area contributed by atoms with Gasteiger partial charge in [0.2, 0.25) is 5.95 Å². The van der Waals surface area contributed by atoms with Crippen LogP contribution in [0.2, 0.25) is 0 Å². The summed E-state index contributed by atoms with van der Waals surface area (Å²) in [5.41, 5.74) is 5.67. The first-order valence-electron chi connectivity index (χ1n) is 13.0. The molecular formula is C32H23N5S. The van der Waals surface area contributed by atoms with Gasteiger partial charge >= 0.3 is 0 Å². The second-order valence-electron chi connectivity index (χ2n) is 9.79. The molecule has 0 saturated carbocycles. The minimum atomic E-state index is 0.628. The Bertz CT molecular complexity index is 1910. The van der Waals surface area contributed by atoms with Gasteiger partial charge in [-0.25, -0.2) is 4.98 Å². The number of aryl methyl sites for hydroxylation is 2. The number of nitrogens with zero attached hydrogens (tertiary/aromatic N) is 5. The lowest BCUT2D eigenvalue weighted by Crippen LogP contribution is -2.06. The minimum absolute atomic E-state index is 0.628. The van der Waals surface area contributed by atoms with Crippen LogP contribution in [0.3, 0.4) is 0 Å². The summed E-state index contributed by atoms with van der Waals surface area (Å²) >= 11 is 1.94. The van der Waals surface area contributed by atoms with Gasteiger partial charge in [0.15, 0.2) is 11.6 Å². The van der Waals surface area contributed by atoms with E-state index in [2.05, 4.69) is 52.0 Å². The van der Waals surface area contributed by atoms with E-state index in [4.69, 9.17) is 15.0 Å². The van der Waals surface area contributed by atoms with Crippen molar-refractivity contribution in [1.29, 1.82) is 0 Å². The average molecular weight is 510 g/mol. The first-order valence-corrected chi connectivity index (χ1v) is 13.9. The Morgan fingerprint density at radius 2 is 1.34 bits per heavy atom. The third-order valence-corrected chi connectivity index (χ3v) is 8.85. The minimum Gasteiger partial charge on any atom is -0.276 e. The van der Waals surface area contributed by atoms with E-state index in [1.165, 1.54) is 45.2 Å². The zero-order chi connectivity index (χ0) is 25.1. The summed E-state index contributed by atoms with van der Waals surface area (Å²) in [6, 6.07) is 27.0. The summed E-state index contributed by atoms with van der Waals surface area (Å²) < 4.78 is 3.55. The smallest absolute Gasteiger partial charge is 0.238 e. The van der Waals surface area contributed by atoms with Crippen LogP contribution in [-0.2, 0) is 12.8 Å². The van der Waals surface area contributed by atoms with Crippen molar-refractivity contribution in [3.8, 4) is 28.7 Å². The van der Waals surface area contributed by atoms with E-state index in [1.807, 2.05) is 60.1 Å². The van der Waals surface area contributed by atoms with Gasteiger partial charge in [-0.05, 0) is 42.7 Å². The Morgan fingerprint density at radius 3 is 2.08 bits per heavy atom. The fraction of sp³-hybridized carbons (Fsp3) is 0.125. The number of hydrogen-bond donors (Lipinski definition) is 0. The van der Waals surface area contributed by atoms with Crippen molar-refractivity contribution in [2.45, 2.75) is 25.7 Å². The van der Waals surface area contributed by atoms with Gasteiger partial charge in [0.25, 0.3) is 0 Å². The van der Waals surface area contributed by atoms with Gasteiger partial charge in [0, 0.05) is 39.2 Å². The number of hydrogen-bond acceptors (Lipinski definition) is 5. The van der Waals surface area contributed by atoms with Crippen LogP contribution >= 0.6 is 11.3 Å². The fourth-order valence-corrected chi connectivity index (χ4v) is 7.19. The summed E-state index contributed by atoms with van der Waals surface area (Å²) in [4.78, 5) is 21.1. The Morgan fingerprint density at radius 1 is 0.658 bits per heavy atom. The Kier molecular flexibility index (Phi) is 4.88. The highest BCUT2D eigenvalue weighted by atomic mass is 32.1. The topological polar surface area (TPSA) is 56.5 Å². The van der Waals surface area contributed by atoms with E-state index in [9.17, 15) is 0 Å². The molecule has 6 heteroatoms. The molecule has 1 aliphatic rings. The maximum atomic E-state index is 5.09. The molecular weight excluding hydrogens is 486 g/mol. The molecule has 3 aromatic carbocycles. The summed E-state index contributed by atoms with van der Waals surface area (Å²) in [6.07, 6.45) is 8.67. The third-order valence-electron chi connectivity index (χ3n) is 7.54. The van der Waals surface area contributed by atoms with Gasteiger partial charge in [0.05, 0.1) is 15.7 Å². The van der Waals surface area contributed by atoms with E-state index < -0.39 is 0 Å². The SMILES string of the molecule is c1ccc(-c2nc(-c3ccccc3)nc(-n3c4ccncc4c4ccc5c6c(sc5c43)CCCC6)n2)cc1. The molecule has 5 nitrogen and oxygen atoms in total. The molecule has 4 heterocycles. The highest BCUT2D eigenvalue weighted by molar-refractivity contribution is 7.20. The molecule has 0 saturated heterocycles. The summed E-state index contributed by atoms with van der Waals surface area (Å²) in [5, 5.41) is 3.66. The number of fused-ring (bicyclic) bond motifs is 7. The molecule has 0 N–H and O–H groups in total. The Labute approximate surface area is 223 Å². The maximum absolute atomic E-state index is 5.09. The molecule has 0 fully saturated rings. The maximum Gasteiger partial charge on any atom is 0.238 e. The number of rotatable bonds is 3. The Balaban J connectivity index is 1.50. The first-order chi connectivity index (χ1) is 18.8. The molecule has 0 radical (unpaired) electrons. The number of thiophene rings is 1. The van der Waals surface area contributed by atoms with Crippen LogP contribution in [0.4, 0.5) is 0 Å². The largest absolute Gasteiger partial charge is 0.276 e. The van der Waals surface area contributed by atoms with Gasteiger partial charge in [0.1, 0.15) is 0 Å². The third kappa shape index (κ3) is 3.30. The summed E-state index contributed by atoms with van der Waals surface area (Å²) in [6.45, 7) is 0. The highest BCUT2D eigenvalue weighted by Crippen LogP contribution is 2.43. The second kappa shape index (κ2) is 8.57. The van der Waals surface area contributed by atoms with Crippen molar-refractivity contribution in [3.63, 3.8) is 0 Å². The molecule has 7 aromatic rings. The van der Waals surface area contributed by atoms with Gasteiger partial charge in [-0.1, -0.05) is 72.8 Å². The lowest BCUT2D eigenvalue weighted by atomic mass is 9.96. The van der Waals surface area contributed by atoms with Gasteiger partial charge in [-0.3, -0.25) is 9.55 Å². The number of pyridine rings is 1. The molecule has 0 bridgehead atoms. The number of aromatic nitrogens is 5. The fourth-order valence-electron chi connectivity index (χ4n) is 5.77. The van der Waals surface area contributed by atoms with Crippen molar-refractivity contribution in [2.75, 3.05) is 0 Å². The van der Waals surface area contributed by atoms with Crippen molar-refractivity contribution in [3.05, 3.63) is 102 Å². The molecule has 1 aliphatic carbocycles. The molecule has 0 amide bonds.